The van der Waals surface area contributed by atoms with Crippen LogP contribution in [0.15, 0.2) is 106 Å². The van der Waals surface area contributed by atoms with Gasteiger partial charge in [-0.05, 0) is 36.4 Å². The van der Waals surface area contributed by atoms with Crippen LogP contribution in [0, 0.1) is 0 Å². The molecule has 5 aromatic heterocycles. The lowest BCUT2D eigenvalue weighted by atomic mass is 10.0. The molecule has 1 aliphatic heterocycles. The molecule has 9 heteroatoms. The molecule has 3 aromatic carbocycles. The fraction of sp³-hybridized carbons (Fsp3) is 0.0882. The first-order valence-corrected chi connectivity index (χ1v) is 14.1. The fourth-order valence-corrected chi connectivity index (χ4v) is 6.43. The van der Waals surface area contributed by atoms with Crippen molar-refractivity contribution >= 4 is 62.1 Å². The number of benzene rings is 3. The number of aromatic nitrogens is 5. The zero-order valence-corrected chi connectivity index (χ0v) is 23.7. The van der Waals surface area contributed by atoms with E-state index in [-0.39, 0.29) is 0 Å². The number of oxazole rings is 1. The number of imidazole rings is 1. The van der Waals surface area contributed by atoms with Gasteiger partial charge >= 0.3 is 6.01 Å². The third-order valence-corrected chi connectivity index (χ3v) is 8.44. The molecule has 0 radical (unpaired) electrons. The van der Waals surface area contributed by atoms with Crippen LogP contribution in [0.3, 0.4) is 0 Å². The molecule has 0 fully saturated rings. The number of rotatable bonds is 3. The summed E-state index contributed by atoms with van der Waals surface area (Å²) in [6, 6.07) is 26.9. The van der Waals surface area contributed by atoms with Gasteiger partial charge in [-0.15, -0.1) is 0 Å². The molecule has 43 heavy (non-hydrogen) atoms. The Morgan fingerprint density at radius 1 is 0.767 bits per heavy atom. The minimum atomic E-state index is 0.450. The summed E-state index contributed by atoms with van der Waals surface area (Å²) in [5.74, 6) is 0.744. The van der Waals surface area contributed by atoms with Crippen molar-refractivity contribution in [3.63, 3.8) is 0 Å². The molecule has 0 aliphatic carbocycles. The van der Waals surface area contributed by atoms with Gasteiger partial charge in [0.2, 0.25) is 0 Å². The van der Waals surface area contributed by atoms with E-state index in [4.69, 9.17) is 18.8 Å². The molecule has 0 atom stereocenters. The summed E-state index contributed by atoms with van der Waals surface area (Å²) in [6.07, 6.45) is 5.87. The molecule has 8 aromatic rings. The molecule has 9 nitrogen and oxygen atoms in total. The topological polar surface area (TPSA) is 83.1 Å². The number of aryl methyl sites for hydroxylation is 2. The van der Waals surface area contributed by atoms with Crippen molar-refractivity contribution in [3.05, 3.63) is 97.7 Å². The Hall–Kier alpha value is -5.83. The standard InChI is InChI=1S/C34H25N7O2/c1-38-17-22(31-33(38)39(2)19-35-31)24-15-16-27-32(36-24)41(26-12-6-5-11-25(26)40(27)3)34-37-30-21(10-8-14-29(30)43-34)23-18-42-28-13-7-4-9-20(23)28/h4-19H,1-3H3/p+1. The molecule has 0 saturated heterocycles. The van der Waals surface area contributed by atoms with Crippen molar-refractivity contribution in [2.24, 2.45) is 14.1 Å². The van der Waals surface area contributed by atoms with Gasteiger partial charge in [-0.3, -0.25) is 9.55 Å². The van der Waals surface area contributed by atoms with E-state index in [1.807, 2.05) is 67.8 Å². The molecule has 208 valence electrons. The highest BCUT2D eigenvalue weighted by Gasteiger charge is 2.33. The average molecular weight is 565 g/mol. The number of aromatic amines is 1. The van der Waals surface area contributed by atoms with Crippen molar-refractivity contribution in [1.29, 1.82) is 0 Å². The van der Waals surface area contributed by atoms with Crippen LogP contribution >= 0.6 is 0 Å². The lowest BCUT2D eigenvalue weighted by Gasteiger charge is -2.35. The van der Waals surface area contributed by atoms with E-state index < -0.39 is 0 Å². The number of furan rings is 1. The number of pyridine rings is 1. The molecule has 0 spiro atoms. The van der Waals surface area contributed by atoms with E-state index in [1.165, 1.54) is 0 Å². The maximum atomic E-state index is 6.54. The predicted molar refractivity (Wildman–Crippen MR) is 167 cm³/mol. The van der Waals surface area contributed by atoms with Crippen molar-refractivity contribution in [3.8, 4) is 22.4 Å². The van der Waals surface area contributed by atoms with Crippen LogP contribution in [0.2, 0.25) is 0 Å². The molecule has 0 unspecified atom stereocenters. The molecular weight excluding hydrogens is 538 g/mol. The Kier molecular flexibility index (Phi) is 4.76. The largest absolute Gasteiger partial charge is 0.464 e. The Bertz CT molecular complexity index is 2370. The van der Waals surface area contributed by atoms with Crippen molar-refractivity contribution < 1.29 is 13.4 Å². The van der Waals surface area contributed by atoms with E-state index in [9.17, 15) is 0 Å². The number of nitrogens with one attached hydrogen (secondary N) is 1. The summed E-state index contributed by atoms with van der Waals surface area (Å²) in [5.41, 5.74) is 11.1. The minimum absolute atomic E-state index is 0.450. The second-order valence-corrected chi connectivity index (χ2v) is 11.0. The highest BCUT2D eigenvalue weighted by Crippen LogP contribution is 2.51. The van der Waals surface area contributed by atoms with Gasteiger partial charge < -0.3 is 13.7 Å². The highest BCUT2D eigenvalue weighted by molar-refractivity contribution is 6.03. The van der Waals surface area contributed by atoms with E-state index >= 15 is 0 Å². The van der Waals surface area contributed by atoms with Gasteiger partial charge in [-0.1, -0.05) is 42.5 Å². The van der Waals surface area contributed by atoms with Crippen LogP contribution in [0.4, 0.5) is 28.9 Å². The lowest BCUT2D eigenvalue weighted by molar-refractivity contribution is -0.647. The quantitative estimate of drug-likeness (QED) is 0.224. The number of fused-ring (bicyclic) bond motifs is 5. The summed E-state index contributed by atoms with van der Waals surface area (Å²) in [5, 5.41) is 1.04. The first-order valence-electron chi connectivity index (χ1n) is 14.1. The summed E-state index contributed by atoms with van der Waals surface area (Å²) < 4.78 is 16.6. The van der Waals surface area contributed by atoms with Gasteiger partial charge in [0.15, 0.2) is 23.2 Å². The maximum Gasteiger partial charge on any atom is 0.309 e. The van der Waals surface area contributed by atoms with Crippen LogP contribution in [0.25, 0.3) is 55.6 Å². The van der Waals surface area contributed by atoms with Crippen LogP contribution in [0.1, 0.15) is 0 Å². The third kappa shape index (κ3) is 3.30. The SMILES string of the molecule is CN1c2ccccc2N(c2nc3c(-c4coc5ccccc45)cccc3o2)c2nc(-c3cn(C)c4c3[nH]c[n+]4C)ccc21. The van der Waals surface area contributed by atoms with Crippen LogP contribution < -0.4 is 14.4 Å². The zero-order chi connectivity index (χ0) is 28.8. The van der Waals surface area contributed by atoms with Gasteiger partial charge in [0.05, 0.1) is 54.9 Å². The van der Waals surface area contributed by atoms with Crippen LogP contribution in [-0.4, -0.2) is 26.6 Å². The number of hydrogen-bond acceptors (Lipinski definition) is 6. The average Bonchev–Trinajstić information content (AvgIpc) is 3.81. The van der Waals surface area contributed by atoms with Crippen molar-refractivity contribution in [2.75, 3.05) is 16.8 Å². The predicted octanol–water partition coefficient (Wildman–Crippen LogP) is 7.50. The molecule has 0 amide bonds. The van der Waals surface area contributed by atoms with E-state index in [0.29, 0.717) is 11.6 Å². The minimum Gasteiger partial charge on any atom is -0.464 e. The molecular formula is C34H26N7O2+. The van der Waals surface area contributed by atoms with E-state index in [0.717, 1.165) is 72.9 Å². The Morgan fingerprint density at radius 2 is 1.58 bits per heavy atom. The van der Waals surface area contributed by atoms with Crippen molar-refractivity contribution in [1.82, 2.24) is 19.5 Å². The first-order chi connectivity index (χ1) is 21.1. The van der Waals surface area contributed by atoms with Gasteiger partial charge in [-0.25, -0.2) is 14.5 Å². The molecule has 0 bridgehead atoms. The summed E-state index contributed by atoms with van der Waals surface area (Å²) in [6.45, 7) is 0. The van der Waals surface area contributed by atoms with Gasteiger partial charge in [0.25, 0.3) is 5.65 Å². The number of para-hydroxylation sites is 4. The fourth-order valence-electron chi connectivity index (χ4n) is 6.43. The van der Waals surface area contributed by atoms with Gasteiger partial charge in [0, 0.05) is 23.6 Å². The highest BCUT2D eigenvalue weighted by atomic mass is 16.4. The second-order valence-electron chi connectivity index (χ2n) is 11.0. The summed E-state index contributed by atoms with van der Waals surface area (Å²) in [4.78, 5) is 18.0. The second kappa shape index (κ2) is 8.59. The number of nitrogens with zero attached hydrogens (tertiary/aromatic N) is 6. The normalized spacial score (nSPS) is 12.9. The molecule has 1 aliphatic rings. The number of hydrogen-bond donors (Lipinski definition) is 1. The zero-order valence-electron chi connectivity index (χ0n) is 23.7. The van der Waals surface area contributed by atoms with Gasteiger partial charge in [0.1, 0.15) is 11.1 Å². The smallest absolute Gasteiger partial charge is 0.309 e. The lowest BCUT2D eigenvalue weighted by Crippen LogP contribution is -2.26. The first kappa shape index (κ1) is 23.8. The van der Waals surface area contributed by atoms with Crippen molar-refractivity contribution in [2.45, 2.75) is 0 Å². The molecule has 1 N–H and O–H groups in total. The van der Waals surface area contributed by atoms with E-state index in [1.54, 1.807) is 6.26 Å². The maximum absolute atomic E-state index is 6.54. The van der Waals surface area contributed by atoms with Crippen LogP contribution in [-0.2, 0) is 14.1 Å². The monoisotopic (exact) mass is 564 g/mol. The molecule has 0 saturated carbocycles. The Balaban J connectivity index is 1.26. The van der Waals surface area contributed by atoms with Crippen LogP contribution in [0.5, 0.6) is 0 Å². The Morgan fingerprint density at radius 3 is 2.49 bits per heavy atom. The van der Waals surface area contributed by atoms with Gasteiger partial charge in [-0.2, -0.15) is 4.98 Å². The summed E-state index contributed by atoms with van der Waals surface area (Å²) in [7, 11) is 6.15. The third-order valence-electron chi connectivity index (χ3n) is 8.44. The number of H-pyrrole nitrogens is 1. The Labute approximate surface area is 245 Å². The molecule has 9 rings (SSSR count). The van der Waals surface area contributed by atoms with E-state index in [2.05, 4.69) is 68.7 Å². The summed E-state index contributed by atoms with van der Waals surface area (Å²) >= 11 is 0. The molecule has 6 heterocycles. The number of anilines is 5.